The summed E-state index contributed by atoms with van der Waals surface area (Å²) in [6, 6.07) is 19.7. The van der Waals surface area contributed by atoms with Gasteiger partial charge >= 0.3 is 11.7 Å². The van der Waals surface area contributed by atoms with Crippen molar-refractivity contribution >= 4 is 23.2 Å². The second kappa shape index (κ2) is 12.1. The van der Waals surface area contributed by atoms with Gasteiger partial charge in [-0.1, -0.05) is 0 Å². The fourth-order valence-corrected chi connectivity index (χ4v) is 5.55. The number of pyridine rings is 2. The van der Waals surface area contributed by atoms with Gasteiger partial charge in [0.1, 0.15) is 48.0 Å². The molecule has 0 amide bonds. The van der Waals surface area contributed by atoms with Crippen LogP contribution in [0.1, 0.15) is 5.82 Å². The topological polar surface area (TPSA) is 162 Å². The second-order valence-electron chi connectivity index (χ2n) is 10.7. The van der Waals surface area contributed by atoms with Gasteiger partial charge in [0.25, 0.3) is 0 Å². The Bertz CT molecular complexity index is 2550. The Hall–Kier alpha value is -6.71. The monoisotopic (exact) mass is 658 g/mol. The van der Waals surface area contributed by atoms with Crippen molar-refractivity contribution in [3.8, 4) is 45.0 Å². The lowest BCUT2D eigenvalue weighted by Crippen LogP contribution is -2.08. The zero-order valence-corrected chi connectivity index (χ0v) is 25.3. The first-order valence-electron chi connectivity index (χ1n) is 14.8. The number of aliphatic hydroxyl groups is 1. The number of anilines is 1. The number of oxazole rings is 2. The van der Waals surface area contributed by atoms with Crippen LogP contribution in [0.2, 0.25) is 0 Å². The van der Waals surface area contributed by atoms with Gasteiger partial charge in [0.2, 0.25) is 0 Å². The van der Waals surface area contributed by atoms with Crippen molar-refractivity contribution in [1.82, 2.24) is 38.4 Å². The van der Waals surface area contributed by atoms with E-state index in [0.29, 0.717) is 40.4 Å². The number of aliphatic hydroxyl groups excluding tert-OH is 1. The molecule has 0 spiro atoms. The molecule has 0 aliphatic rings. The van der Waals surface area contributed by atoms with Crippen LogP contribution < -0.4 is 11.3 Å². The maximum atomic E-state index is 13.3. The minimum absolute atomic E-state index is 0.219. The van der Waals surface area contributed by atoms with Crippen LogP contribution in [0.25, 0.3) is 62.4 Å². The summed E-state index contributed by atoms with van der Waals surface area (Å²) in [4.78, 5) is 13.3. The molecule has 49 heavy (non-hydrogen) atoms. The Morgan fingerprint density at radius 1 is 0.673 bits per heavy atom. The molecule has 0 atom stereocenters. The Balaban J connectivity index is 0.000000143. The average Bonchev–Trinajstić information content (AvgIpc) is 3.96. The van der Waals surface area contributed by atoms with Crippen molar-refractivity contribution in [2.45, 2.75) is 6.61 Å². The predicted molar refractivity (Wildman–Crippen MR) is 175 cm³/mol. The summed E-state index contributed by atoms with van der Waals surface area (Å²) < 4.78 is 42.7. The van der Waals surface area contributed by atoms with Crippen LogP contribution >= 0.6 is 0 Å². The van der Waals surface area contributed by atoms with Gasteiger partial charge in [-0.2, -0.15) is 9.97 Å². The molecule has 13 nitrogen and oxygen atoms in total. The van der Waals surface area contributed by atoms with Crippen molar-refractivity contribution in [2.24, 2.45) is 5.84 Å². The maximum absolute atomic E-state index is 13.3. The molecule has 0 saturated heterocycles. The number of halogens is 2. The smallest absolute Gasteiger partial charge is 0.306 e. The number of hydrogen-bond donors (Lipinski definition) is 3. The lowest BCUT2D eigenvalue weighted by atomic mass is 10.1. The molecule has 0 bridgehead atoms. The minimum Gasteiger partial charge on any atom is -0.432 e. The first kappa shape index (κ1) is 29.7. The number of fused-ring (bicyclic) bond motifs is 3. The number of nitrogens with one attached hydrogen (secondary N) is 1. The first-order valence-corrected chi connectivity index (χ1v) is 14.8. The molecule has 0 fully saturated rings. The minimum atomic E-state index is -0.309. The molecule has 0 aliphatic heterocycles. The number of nitrogens with zero attached hydrogens (tertiary/aromatic N) is 8. The van der Waals surface area contributed by atoms with Crippen molar-refractivity contribution in [3.05, 3.63) is 128 Å². The summed E-state index contributed by atoms with van der Waals surface area (Å²) in [5.41, 5.74) is 9.34. The molecule has 0 aliphatic carbocycles. The standard InChI is InChI=1S/C18H12FN5O2.C16H12FN5O/c19-13-4-1-11(2-5-13)16-17(23-7-8-26-18(23)20-16)12-3-6-14-21-22-15(10-25)24(14)9-12;17-12-4-1-10(2-5-12)14-15(22-7-8-23-16(22)20-14)11-3-6-13(21-18)19-9-11/h1-9,25H,10H2;1-9H,18H2,(H,19,21). The highest BCUT2D eigenvalue weighted by atomic mass is 19.1. The van der Waals surface area contributed by atoms with Crippen LogP contribution in [-0.4, -0.2) is 43.5 Å². The molecular weight excluding hydrogens is 634 g/mol. The third kappa shape index (κ3) is 5.34. The van der Waals surface area contributed by atoms with Crippen LogP contribution in [0.15, 0.2) is 119 Å². The van der Waals surface area contributed by atoms with Crippen molar-refractivity contribution in [1.29, 1.82) is 0 Å². The number of hydrogen-bond acceptors (Lipinski definition) is 10. The van der Waals surface area contributed by atoms with E-state index in [0.717, 1.165) is 33.6 Å². The van der Waals surface area contributed by atoms with Crippen molar-refractivity contribution < 1.29 is 22.7 Å². The number of nitrogens with two attached hydrogens (primary N) is 1. The van der Waals surface area contributed by atoms with Crippen LogP contribution in [0.3, 0.4) is 0 Å². The van der Waals surface area contributed by atoms with E-state index >= 15 is 0 Å². The fourth-order valence-electron chi connectivity index (χ4n) is 5.55. The van der Waals surface area contributed by atoms with E-state index in [2.05, 4.69) is 30.6 Å². The van der Waals surface area contributed by atoms with Crippen LogP contribution in [0.4, 0.5) is 14.6 Å². The summed E-state index contributed by atoms with van der Waals surface area (Å²) in [5.74, 6) is 6.64. The van der Waals surface area contributed by atoms with Gasteiger partial charge in [0.05, 0.1) is 11.4 Å². The fraction of sp³-hybridized carbons (Fsp3) is 0.0294. The van der Waals surface area contributed by atoms with Crippen molar-refractivity contribution in [3.63, 3.8) is 0 Å². The van der Waals surface area contributed by atoms with Crippen molar-refractivity contribution in [2.75, 3.05) is 5.43 Å². The van der Waals surface area contributed by atoms with E-state index in [-0.39, 0.29) is 18.2 Å². The molecule has 0 saturated carbocycles. The van der Waals surface area contributed by atoms with Gasteiger partial charge in [-0.3, -0.25) is 13.2 Å². The van der Waals surface area contributed by atoms with E-state index in [9.17, 15) is 13.9 Å². The molecule has 2 aromatic carbocycles. The zero-order chi connectivity index (χ0) is 33.5. The zero-order valence-electron chi connectivity index (χ0n) is 25.3. The predicted octanol–water partition coefficient (Wildman–Crippen LogP) is 6.02. The number of hydrazine groups is 1. The molecule has 4 N–H and O–H groups in total. The molecule has 15 heteroatoms. The lowest BCUT2D eigenvalue weighted by Gasteiger charge is -2.06. The maximum Gasteiger partial charge on any atom is 0.306 e. The number of nitrogen functional groups attached to an aromatic ring is 1. The largest absolute Gasteiger partial charge is 0.432 e. The Morgan fingerprint density at radius 3 is 1.76 bits per heavy atom. The number of benzene rings is 2. The molecule has 242 valence electrons. The molecule has 9 aromatic rings. The van der Waals surface area contributed by atoms with E-state index in [1.54, 1.807) is 65.8 Å². The summed E-state index contributed by atoms with van der Waals surface area (Å²) in [7, 11) is 0. The first-order chi connectivity index (χ1) is 24.0. The Labute approximate surface area is 274 Å². The Kier molecular flexibility index (Phi) is 7.36. The third-order valence-corrected chi connectivity index (χ3v) is 7.83. The van der Waals surface area contributed by atoms with E-state index in [1.807, 2.05) is 33.2 Å². The lowest BCUT2D eigenvalue weighted by molar-refractivity contribution is 0.270. The number of aromatic nitrogens is 8. The van der Waals surface area contributed by atoms with Crippen LogP contribution in [-0.2, 0) is 6.61 Å². The van der Waals surface area contributed by atoms with E-state index in [1.165, 1.54) is 24.3 Å². The van der Waals surface area contributed by atoms with Gasteiger partial charge in [0.15, 0.2) is 11.5 Å². The van der Waals surface area contributed by atoms with Gasteiger partial charge in [0, 0.05) is 47.0 Å². The molecule has 7 aromatic heterocycles. The van der Waals surface area contributed by atoms with Gasteiger partial charge in [-0.05, 0) is 72.8 Å². The molecule has 0 radical (unpaired) electrons. The van der Waals surface area contributed by atoms with Gasteiger partial charge < -0.3 is 19.4 Å². The third-order valence-electron chi connectivity index (χ3n) is 7.83. The van der Waals surface area contributed by atoms with Crippen LogP contribution in [0, 0.1) is 11.6 Å². The second-order valence-corrected chi connectivity index (χ2v) is 10.7. The molecular formula is C34H24F2N10O3. The average molecular weight is 659 g/mol. The van der Waals surface area contributed by atoms with Gasteiger partial charge in [-0.15, -0.1) is 10.2 Å². The number of rotatable bonds is 6. The number of imidazole rings is 2. The SMILES string of the molecule is NNc1ccc(-c2c(-c3ccc(F)cc3)nc3occn23)cn1.OCc1nnc2ccc(-c3c(-c4ccc(F)cc4)nc4occn34)cn12. The highest BCUT2D eigenvalue weighted by molar-refractivity contribution is 5.82. The van der Waals surface area contributed by atoms with E-state index in [4.69, 9.17) is 14.7 Å². The molecule has 9 rings (SSSR count). The summed E-state index contributed by atoms with van der Waals surface area (Å²) >= 11 is 0. The highest BCUT2D eigenvalue weighted by Gasteiger charge is 2.20. The molecule has 7 heterocycles. The normalized spacial score (nSPS) is 11.3. The highest BCUT2D eigenvalue weighted by Crippen LogP contribution is 2.34. The summed E-state index contributed by atoms with van der Waals surface area (Å²) in [6.07, 6.45) is 10.2. The summed E-state index contributed by atoms with van der Waals surface area (Å²) in [5, 5.41) is 17.4. The summed E-state index contributed by atoms with van der Waals surface area (Å²) in [6.45, 7) is -0.219. The quantitative estimate of drug-likeness (QED) is 0.142. The van der Waals surface area contributed by atoms with E-state index < -0.39 is 0 Å². The van der Waals surface area contributed by atoms with Crippen LogP contribution in [0.5, 0.6) is 0 Å². The van der Waals surface area contributed by atoms with Gasteiger partial charge in [-0.25, -0.2) is 19.6 Å². The Morgan fingerprint density at radius 2 is 1.22 bits per heavy atom. The molecule has 0 unspecified atom stereocenters.